The SMILES string of the molecule is CCCCN(CC(=O)N(CCc1c[nH]c2ccccc12)Cc1ccc(N(C)C)cc1)C(=O)C(c1ccccc1)c1ccccc1. The second-order valence-corrected chi connectivity index (χ2v) is 11.9. The smallest absolute Gasteiger partial charge is 0.242 e. The number of H-pyrrole nitrogens is 1. The number of unbranched alkanes of at least 4 members (excludes halogenated alkanes) is 1. The van der Waals surface area contributed by atoms with Crippen molar-refractivity contribution in [2.24, 2.45) is 0 Å². The Labute approximate surface area is 267 Å². The van der Waals surface area contributed by atoms with Gasteiger partial charge in [0.1, 0.15) is 0 Å². The number of rotatable bonds is 14. The number of aromatic amines is 1. The summed E-state index contributed by atoms with van der Waals surface area (Å²) in [7, 11) is 4.04. The van der Waals surface area contributed by atoms with E-state index in [0.29, 0.717) is 26.1 Å². The fourth-order valence-corrected chi connectivity index (χ4v) is 5.84. The van der Waals surface area contributed by atoms with E-state index in [1.807, 2.05) is 98.0 Å². The summed E-state index contributed by atoms with van der Waals surface area (Å²) >= 11 is 0. The van der Waals surface area contributed by atoms with Gasteiger partial charge in [-0.1, -0.05) is 104 Å². The van der Waals surface area contributed by atoms with Gasteiger partial charge >= 0.3 is 0 Å². The van der Waals surface area contributed by atoms with Gasteiger partial charge in [0.2, 0.25) is 11.8 Å². The predicted molar refractivity (Wildman–Crippen MR) is 184 cm³/mol. The molecule has 1 N–H and O–H groups in total. The minimum absolute atomic E-state index is 0.0403. The second kappa shape index (κ2) is 15.2. The third kappa shape index (κ3) is 8.01. The summed E-state index contributed by atoms with van der Waals surface area (Å²) in [6.07, 6.45) is 4.52. The number of anilines is 1. The molecule has 5 aromatic rings. The third-order valence-corrected chi connectivity index (χ3v) is 8.44. The number of benzene rings is 4. The van der Waals surface area contributed by atoms with Gasteiger partial charge in [-0.05, 0) is 53.3 Å². The maximum absolute atomic E-state index is 14.4. The van der Waals surface area contributed by atoms with Crippen LogP contribution in [0.4, 0.5) is 5.69 Å². The first-order valence-corrected chi connectivity index (χ1v) is 15.9. The number of hydrogen-bond acceptors (Lipinski definition) is 3. The van der Waals surface area contributed by atoms with Crippen molar-refractivity contribution in [3.05, 3.63) is 138 Å². The van der Waals surface area contributed by atoms with Crippen molar-refractivity contribution in [2.75, 3.05) is 38.6 Å². The topological polar surface area (TPSA) is 59.7 Å². The second-order valence-electron chi connectivity index (χ2n) is 11.9. The largest absolute Gasteiger partial charge is 0.378 e. The van der Waals surface area contributed by atoms with E-state index in [-0.39, 0.29) is 18.4 Å². The van der Waals surface area contributed by atoms with E-state index < -0.39 is 5.92 Å². The van der Waals surface area contributed by atoms with Crippen LogP contribution in [0.3, 0.4) is 0 Å². The highest BCUT2D eigenvalue weighted by molar-refractivity contribution is 5.91. The number of para-hydroxylation sites is 1. The average molecular weight is 601 g/mol. The molecule has 0 aliphatic heterocycles. The molecule has 0 spiro atoms. The summed E-state index contributed by atoms with van der Waals surface area (Å²) in [5.74, 6) is -0.563. The van der Waals surface area contributed by atoms with Gasteiger partial charge in [-0.15, -0.1) is 0 Å². The van der Waals surface area contributed by atoms with Crippen LogP contribution in [0.2, 0.25) is 0 Å². The maximum Gasteiger partial charge on any atom is 0.242 e. The van der Waals surface area contributed by atoms with Crippen molar-refractivity contribution in [3.63, 3.8) is 0 Å². The van der Waals surface area contributed by atoms with E-state index in [1.165, 1.54) is 10.9 Å². The zero-order valence-electron chi connectivity index (χ0n) is 26.7. The lowest BCUT2D eigenvalue weighted by Crippen LogP contribution is -2.45. The molecule has 0 atom stereocenters. The van der Waals surface area contributed by atoms with Gasteiger partial charge in [-0.3, -0.25) is 9.59 Å². The minimum Gasteiger partial charge on any atom is -0.378 e. The van der Waals surface area contributed by atoms with Crippen LogP contribution in [0.15, 0.2) is 115 Å². The molecule has 0 bridgehead atoms. The highest BCUT2D eigenvalue weighted by atomic mass is 16.2. The molecule has 0 radical (unpaired) electrons. The standard InChI is InChI=1S/C39H44N4O2/c1-4-5-25-43(39(45)38(31-14-8-6-9-15-31)32-16-10-7-11-17-32)29-37(44)42(28-30-20-22-34(23-21-30)41(2)3)26-24-33-27-40-36-19-13-12-18-35(33)36/h6-23,27,38,40H,4-5,24-26,28-29H2,1-3H3. The van der Waals surface area contributed by atoms with Crippen molar-refractivity contribution in [1.29, 1.82) is 0 Å². The molecule has 0 saturated heterocycles. The number of carbonyl (C=O) groups excluding carboxylic acids is 2. The van der Waals surface area contributed by atoms with E-state index in [0.717, 1.165) is 40.7 Å². The van der Waals surface area contributed by atoms with Crippen LogP contribution in [-0.4, -0.2) is 60.3 Å². The normalized spacial score (nSPS) is 11.1. The Hall–Kier alpha value is -4.84. The van der Waals surface area contributed by atoms with Crippen LogP contribution >= 0.6 is 0 Å². The van der Waals surface area contributed by atoms with Gasteiger partial charge in [0.15, 0.2) is 0 Å². The summed E-state index contributed by atoms with van der Waals surface area (Å²) in [5.41, 5.74) is 6.30. The Morgan fingerprint density at radius 1 is 0.733 bits per heavy atom. The van der Waals surface area contributed by atoms with Crippen molar-refractivity contribution in [1.82, 2.24) is 14.8 Å². The number of amides is 2. The quantitative estimate of drug-likeness (QED) is 0.146. The lowest BCUT2D eigenvalue weighted by molar-refractivity contribution is -0.141. The summed E-state index contributed by atoms with van der Waals surface area (Å²) in [6.45, 7) is 3.71. The third-order valence-electron chi connectivity index (χ3n) is 8.44. The van der Waals surface area contributed by atoms with Gasteiger partial charge in [-0.25, -0.2) is 0 Å². The fourth-order valence-electron chi connectivity index (χ4n) is 5.84. The van der Waals surface area contributed by atoms with Crippen LogP contribution in [-0.2, 0) is 22.6 Å². The molecule has 5 rings (SSSR count). The number of nitrogens with zero attached hydrogens (tertiary/aromatic N) is 3. The Balaban J connectivity index is 1.41. The molecule has 1 heterocycles. The van der Waals surface area contributed by atoms with Gasteiger partial charge < -0.3 is 19.7 Å². The average Bonchev–Trinajstić information content (AvgIpc) is 3.49. The van der Waals surface area contributed by atoms with Crippen molar-refractivity contribution in [3.8, 4) is 0 Å². The van der Waals surface area contributed by atoms with Gasteiger partial charge in [0, 0.05) is 56.5 Å². The summed E-state index contributed by atoms with van der Waals surface area (Å²) in [6, 6.07) is 36.4. The highest BCUT2D eigenvalue weighted by Crippen LogP contribution is 2.27. The van der Waals surface area contributed by atoms with Crippen LogP contribution in [0, 0.1) is 0 Å². The monoisotopic (exact) mass is 600 g/mol. The molecular formula is C39H44N4O2. The Kier molecular flexibility index (Phi) is 10.7. The molecule has 4 aromatic carbocycles. The first-order valence-electron chi connectivity index (χ1n) is 15.9. The lowest BCUT2D eigenvalue weighted by atomic mass is 9.90. The summed E-state index contributed by atoms with van der Waals surface area (Å²) in [4.78, 5) is 37.8. The molecule has 0 unspecified atom stereocenters. The van der Waals surface area contributed by atoms with Crippen molar-refractivity contribution in [2.45, 2.75) is 38.6 Å². The zero-order valence-corrected chi connectivity index (χ0v) is 26.7. The molecule has 0 aliphatic carbocycles. The van der Waals surface area contributed by atoms with Crippen LogP contribution in [0.1, 0.15) is 47.9 Å². The van der Waals surface area contributed by atoms with E-state index in [2.05, 4.69) is 53.2 Å². The molecule has 45 heavy (non-hydrogen) atoms. The molecule has 6 nitrogen and oxygen atoms in total. The number of hydrogen-bond donors (Lipinski definition) is 1. The van der Waals surface area contributed by atoms with Crippen LogP contribution < -0.4 is 4.90 Å². The Bertz CT molecular complexity index is 1620. The molecule has 0 aliphatic rings. The highest BCUT2D eigenvalue weighted by Gasteiger charge is 2.30. The number of fused-ring (bicyclic) bond motifs is 1. The molecule has 0 saturated carbocycles. The molecule has 6 heteroatoms. The van der Waals surface area contributed by atoms with E-state index >= 15 is 0 Å². The molecule has 0 fully saturated rings. The first kappa shape index (κ1) is 31.6. The predicted octanol–water partition coefficient (Wildman–Crippen LogP) is 7.27. The van der Waals surface area contributed by atoms with Gasteiger partial charge in [-0.2, -0.15) is 0 Å². The molecular weight excluding hydrogens is 556 g/mol. The number of nitrogens with one attached hydrogen (secondary N) is 1. The zero-order chi connectivity index (χ0) is 31.6. The Morgan fingerprint density at radius 3 is 1.98 bits per heavy atom. The van der Waals surface area contributed by atoms with Crippen molar-refractivity contribution >= 4 is 28.4 Å². The first-order chi connectivity index (χ1) is 21.9. The maximum atomic E-state index is 14.4. The van der Waals surface area contributed by atoms with E-state index in [4.69, 9.17) is 0 Å². The fraction of sp³-hybridized carbons (Fsp3) is 0.282. The minimum atomic E-state index is -0.477. The summed E-state index contributed by atoms with van der Waals surface area (Å²) in [5, 5.41) is 1.17. The Morgan fingerprint density at radius 2 is 1.36 bits per heavy atom. The number of carbonyl (C=O) groups is 2. The van der Waals surface area contributed by atoms with E-state index in [1.54, 1.807) is 4.90 Å². The van der Waals surface area contributed by atoms with Crippen LogP contribution in [0.25, 0.3) is 10.9 Å². The van der Waals surface area contributed by atoms with Gasteiger partial charge in [0.05, 0.1) is 12.5 Å². The van der Waals surface area contributed by atoms with Gasteiger partial charge in [0.25, 0.3) is 0 Å². The number of aromatic nitrogens is 1. The summed E-state index contributed by atoms with van der Waals surface area (Å²) < 4.78 is 0. The van der Waals surface area contributed by atoms with Crippen molar-refractivity contribution < 1.29 is 9.59 Å². The lowest BCUT2D eigenvalue weighted by Gasteiger charge is -2.31. The van der Waals surface area contributed by atoms with Crippen LogP contribution in [0.5, 0.6) is 0 Å². The molecule has 232 valence electrons. The molecule has 1 aromatic heterocycles. The molecule has 2 amide bonds. The van der Waals surface area contributed by atoms with E-state index in [9.17, 15) is 9.59 Å².